The fourth-order valence-corrected chi connectivity index (χ4v) is 2.78. The smallest absolute Gasteiger partial charge is 0.374 e. The third-order valence-electron chi connectivity index (χ3n) is 3.04. The fraction of sp³-hybridized carbons (Fsp3) is 0.286. The number of carboxylic acids is 1. The highest BCUT2D eigenvalue weighted by Crippen LogP contribution is 2.44. The molecule has 7 heteroatoms. The number of hydrogen-bond donors (Lipinski definition) is 1. The zero-order chi connectivity index (χ0) is 15.6. The van der Waals surface area contributed by atoms with Crippen molar-refractivity contribution in [3.63, 3.8) is 0 Å². The van der Waals surface area contributed by atoms with Crippen molar-refractivity contribution in [2.45, 2.75) is 13.3 Å². The quantitative estimate of drug-likeness (QED) is 0.885. The van der Waals surface area contributed by atoms with E-state index in [2.05, 4.69) is 21.1 Å². The van der Waals surface area contributed by atoms with Crippen LogP contribution in [0.4, 0.5) is 0 Å². The first-order valence-corrected chi connectivity index (χ1v) is 6.96. The fourth-order valence-electron chi connectivity index (χ4n) is 2.00. The van der Waals surface area contributed by atoms with Gasteiger partial charge in [-0.1, -0.05) is 12.1 Å². The minimum Gasteiger partial charge on any atom is -0.493 e. The number of ether oxygens (including phenoxy) is 2. The first-order valence-electron chi connectivity index (χ1n) is 6.17. The molecule has 112 valence electrons. The lowest BCUT2D eigenvalue weighted by Gasteiger charge is -2.15. The second-order valence-corrected chi connectivity index (χ2v) is 4.99. The molecule has 1 aromatic heterocycles. The second kappa shape index (κ2) is 6.17. The van der Waals surface area contributed by atoms with Crippen molar-refractivity contribution in [1.82, 2.24) is 5.16 Å². The van der Waals surface area contributed by atoms with E-state index in [0.717, 1.165) is 16.5 Å². The van der Waals surface area contributed by atoms with Crippen molar-refractivity contribution in [1.29, 1.82) is 0 Å². The molecule has 0 amide bonds. The summed E-state index contributed by atoms with van der Waals surface area (Å²) in [7, 11) is 3.05. The van der Waals surface area contributed by atoms with Gasteiger partial charge in [0.1, 0.15) is 5.69 Å². The maximum atomic E-state index is 10.9. The Labute approximate surface area is 129 Å². The standard InChI is InChI=1S/C14H14BrNO5/c1-4-7-5-9(19-2)13(20-3)11(12(7)15)8-6-10(14(17)18)21-16-8/h5-6H,4H2,1-3H3,(H,17,18). The van der Waals surface area contributed by atoms with Crippen LogP contribution in [0.1, 0.15) is 23.0 Å². The number of carbonyl (C=O) groups is 1. The van der Waals surface area contributed by atoms with Crippen LogP contribution in [0.25, 0.3) is 11.3 Å². The van der Waals surface area contributed by atoms with E-state index in [1.54, 1.807) is 7.11 Å². The van der Waals surface area contributed by atoms with Crippen LogP contribution in [0.5, 0.6) is 11.5 Å². The Kier molecular flexibility index (Phi) is 4.52. The van der Waals surface area contributed by atoms with Crippen LogP contribution < -0.4 is 9.47 Å². The Morgan fingerprint density at radius 2 is 2.10 bits per heavy atom. The predicted octanol–water partition coefficient (Wildman–Crippen LogP) is 3.38. The largest absolute Gasteiger partial charge is 0.493 e. The topological polar surface area (TPSA) is 81.8 Å². The molecule has 0 atom stereocenters. The zero-order valence-electron chi connectivity index (χ0n) is 11.8. The average molecular weight is 356 g/mol. The van der Waals surface area contributed by atoms with Gasteiger partial charge in [0.15, 0.2) is 11.5 Å². The molecule has 0 aliphatic rings. The zero-order valence-corrected chi connectivity index (χ0v) is 13.4. The van der Waals surface area contributed by atoms with Gasteiger partial charge in [0.05, 0.1) is 19.8 Å². The van der Waals surface area contributed by atoms with Gasteiger partial charge in [-0.3, -0.25) is 0 Å². The summed E-state index contributed by atoms with van der Waals surface area (Å²) in [4.78, 5) is 10.9. The molecule has 1 aromatic carbocycles. The normalized spacial score (nSPS) is 10.5. The highest BCUT2D eigenvalue weighted by molar-refractivity contribution is 9.10. The highest BCUT2D eigenvalue weighted by atomic mass is 79.9. The average Bonchev–Trinajstić information content (AvgIpc) is 2.96. The van der Waals surface area contributed by atoms with Gasteiger partial charge in [0.25, 0.3) is 0 Å². The Morgan fingerprint density at radius 3 is 2.57 bits per heavy atom. The molecule has 2 aromatic rings. The van der Waals surface area contributed by atoms with E-state index in [9.17, 15) is 4.79 Å². The number of aromatic carboxylic acids is 1. The van der Waals surface area contributed by atoms with Gasteiger partial charge in [-0.15, -0.1) is 0 Å². The monoisotopic (exact) mass is 355 g/mol. The molecule has 0 bridgehead atoms. The molecule has 0 spiro atoms. The summed E-state index contributed by atoms with van der Waals surface area (Å²) in [6.07, 6.45) is 0.761. The maximum absolute atomic E-state index is 10.9. The van der Waals surface area contributed by atoms with Crippen LogP contribution in [-0.4, -0.2) is 30.5 Å². The Hall–Kier alpha value is -2.02. The molecule has 0 fully saturated rings. The Balaban J connectivity index is 2.72. The van der Waals surface area contributed by atoms with Crippen molar-refractivity contribution in [2.24, 2.45) is 0 Å². The first kappa shape index (κ1) is 15.4. The van der Waals surface area contributed by atoms with Crippen LogP contribution >= 0.6 is 15.9 Å². The van der Waals surface area contributed by atoms with Gasteiger partial charge in [0, 0.05) is 10.5 Å². The summed E-state index contributed by atoms with van der Waals surface area (Å²) in [5, 5.41) is 12.7. The van der Waals surface area contributed by atoms with Crippen LogP contribution in [0, 0.1) is 0 Å². The number of halogens is 1. The highest BCUT2D eigenvalue weighted by Gasteiger charge is 2.23. The molecule has 2 rings (SSSR count). The molecular formula is C14H14BrNO5. The lowest BCUT2D eigenvalue weighted by atomic mass is 10.0. The summed E-state index contributed by atoms with van der Waals surface area (Å²) in [6, 6.07) is 3.22. The van der Waals surface area contributed by atoms with Gasteiger partial charge < -0.3 is 19.1 Å². The minimum absolute atomic E-state index is 0.236. The summed E-state index contributed by atoms with van der Waals surface area (Å²) in [5.41, 5.74) is 1.96. The Bertz CT molecular complexity index is 680. The second-order valence-electron chi connectivity index (χ2n) is 4.20. The molecule has 0 aliphatic carbocycles. The van der Waals surface area contributed by atoms with E-state index in [-0.39, 0.29) is 5.76 Å². The number of rotatable bonds is 5. The molecule has 0 saturated carbocycles. The number of aryl methyl sites for hydroxylation is 1. The van der Waals surface area contributed by atoms with Gasteiger partial charge in [-0.25, -0.2) is 4.79 Å². The number of carboxylic acid groups (broad SMARTS) is 1. The molecule has 21 heavy (non-hydrogen) atoms. The number of benzene rings is 1. The molecule has 0 unspecified atom stereocenters. The third-order valence-corrected chi connectivity index (χ3v) is 3.95. The maximum Gasteiger partial charge on any atom is 0.374 e. The summed E-state index contributed by atoms with van der Waals surface area (Å²) in [5.74, 6) is -0.401. The SMILES string of the molecule is CCc1cc(OC)c(OC)c(-c2cc(C(=O)O)on2)c1Br. The van der Waals surface area contributed by atoms with Crippen molar-refractivity contribution >= 4 is 21.9 Å². The molecule has 0 saturated heterocycles. The van der Waals surface area contributed by atoms with Crippen molar-refractivity contribution in [2.75, 3.05) is 14.2 Å². The molecule has 1 N–H and O–H groups in total. The third kappa shape index (κ3) is 2.73. The lowest BCUT2D eigenvalue weighted by Crippen LogP contribution is -1.98. The van der Waals surface area contributed by atoms with Crippen molar-refractivity contribution in [3.05, 3.63) is 27.9 Å². The summed E-state index contributed by atoms with van der Waals surface area (Å²) < 4.78 is 16.3. The van der Waals surface area contributed by atoms with Gasteiger partial charge in [-0.2, -0.15) is 0 Å². The van der Waals surface area contributed by atoms with Crippen molar-refractivity contribution in [3.8, 4) is 22.8 Å². The van der Waals surface area contributed by atoms with Crippen LogP contribution in [0.2, 0.25) is 0 Å². The number of methoxy groups -OCH3 is 2. The van der Waals surface area contributed by atoms with E-state index < -0.39 is 5.97 Å². The van der Waals surface area contributed by atoms with Gasteiger partial charge >= 0.3 is 5.97 Å². The van der Waals surface area contributed by atoms with Gasteiger partial charge in [0.2, 0.25) is 5.76 Å². The van der Waals surface area contributed by atoms with E-state index in [1.807, 2.05) is 13.0 Å². The van der Waals surface area contributed by atoms with Crippen LogP contribution in [-0.2, 0) is 6.42 Å². The molecular weight excluding hydrogens is 342 g/mol. The number of nitrogens with zero attached hydrogens (tertiary/aromatic N) is 1. The van der Waals surface area contributed by atoms with Gasteiger partial charge in [-0.05, 0) is 34.0 Å². The number of hydrogen-bond acceptors (Lipinski definition) is 5. The predicted molar refractivity (Wildman–Crippen MR) is 79.1 cm³/mol. The van der Waals surface area contributed by atoms with E-state index >= 15 is 0 Å². The van der Waals surface area contributed by atoms with Crippen LogP contribution in [0.3, 0.4) is 0 Å². The van der Waals surface area contributed by atoms with Crippen molar-refractivity contribution < 1.29 is 23.9 Å². The molecule has 1 heterocycles. The Morgan fingerprint density at radius 1 is 1.38 bits per heavy atom. The molecule has 0 aliphatic heterocycles. The molecule has 0 radical (unpaired) electrons. The van der Waals surface area contributed by atoms with E-state index in [1.165, 1.54) is 13.2 Å². The number of aromatic nitrogens is 1. The van der Waals surface area contributed by atoms with E-state index in [4.69, 9.17) is 19.1 Å². The minimum atomic E-state index is -1.18. The molecule has 6 nitrogen and oxygen atoms in total. The summed E-state index contributed by atoms with van der Waals surface area (Å²) >= 11 is 3.51. The van der Waals surface area contributed by atoms with E-state index in [0.29, 0.717) is 22.8 Å². The summed E-state index contributed by atoms with van der Waals surface area (Å²) in [6.45, 7) is 2.00. The van der Waals surface area contributed by atoms with Crippen LogP contribution in [0.15, 0.2) is 21.1 Å². The first-order chi connectivity index (χ1) is 10.0. The lowest BCUT2D eigenvalue weighted by molar-refractivity contribution is 0.0652.